The summed E-state index contributed by atoms with van der Waals surface area (Å²) in [5.41, 5.74) is 2.33. The lowest BCUT2D eigenvalue weighted by molar-refractivity contribution is -0.114. The fourth-order valence-electron chi connectivity index (χ4n) is 2.74. The Labute approximate surface area is 174 Å². The van der Waals surface area contributed by atoms with Crippen molar-refractivity contribution in [2.75, 3.05) is 23.3 Å². The minimum Gasteiger partial charge on any atom is -0.497 e. The van der Waals surface area contributed by atoms with Crippen LogP contribution in [-0.2, 0) is 14.8 Å². The van der Waals surface area contributed by atoms with Gasteiger partial charge < -0.3 is 10.1 Å². The van der Waals surface area contributed by atoms with E-state index in [0.29, 0.717) is 28.4 Å². The van der Waals surface area contributed by atoms with Crippen LogP contribution in [-0.4, -0.2) is 32.4 Å². The molecule has 0 atom stereocenters. The predicted molar refractivity (Wildman–Crippen MR) is 114 cm³/mol. The Morgan fingerprint density at radius 2 is 1.90 bits per heavy atom. The number of rotatable bonds is 7. The van der Waals surface area contributed by atoms with E-state index in [1.807, 2.05) is 0 Å². The number of hydrogen-bond acceptors (Lipinski definition) is 6. The second-order valence-electron chi connectivity index (χ2n) is 6.34. The lowest BCUT2D eigenvalue weighted by atomic mass is 10.2. The van der Waals surface area contributed by atoms with Gasteiger partial charge in [-0.05, 0) is 49.1 Å². The lowest BCUT2D eigenvalue weighted by Crippen LogP contribution is -2.38. The number of sulfonamides is 1. The van der Waals surface area contributed by atoms with Gasteiger partial charge >= 0.3 is 0 Å². The van der Waals surface area contributed by atoms with Gasteiger partial charge in [-0.1, -0.05) is 24.3 Å². The molecule has 0 bridgehead atoms. The summed E-state index contributed by atoms with van der Waals surface area (Å²) in [7, 11) is -2.48. The number of nitrogens with zero attached hydrogens (tertiary/aromatic N) is 2. The first-order valence-corrected chi connectivity index (χ1v) is 11.0. The molecule has 2 aromatic carbocycles. The number of anilines is 2. The van der Waals surface area contributed by atoms with Crippen LogP contribution in [0.4, 0.5) is 11.4 Å². The van der Waals surface area contributed by atoms with Gasteiger partial charge in [0.2, 0.25) is 5.91 Å². The molecule has 152 valence electrons. The third kappa shape index (κ3) is 4.57. The van der Waals surface area contributed by atoms with Crippen molar-refractivity contribution in [3.05, 3.63) is 65.2 Å². The van der Waals surface area contributed by atoms with Gasteiger partial charge in [-0.25, -0.2) is 8.42 Å². The van der Waals surface area contributed by atoms with E-state index in [-0.39, 0.29) is 11.4 Å². The van der Waals surface area contributed by atoms with Gasteiger partial charge in [-0.2, -0.15) is 4.37 Å². The van der Waals surface area contributed by atoms with Crippen LogP contribution in [0, 0.1) is 13.8 Å². The molecule has 0 spiro atoms. The van der Waals surface area contributed by atoms with Crippen molar-refractivity contribution in [1.29, 1.82) is 0 Å². The standard InChI is InChI=1S/C20H21N3O4S2/c1-14-9-10-16(27-3)11-19(14)23(29(25,26)17-7-5-4-6-8-17)12-20(24)21-18-13-28-22-15(18)2/h4-11,13H,12H2,1-3H3,(H,21,24). The summed E-state index contributed by atoms with van der Waals surface area (Å²) in [5.74, 6) is 0.0344. The zero-order valence-corrected chi connectivity index (χ0v) is 17.9. The summed E-state index contributed by atoms with van der Waals surface area (Å²) < 4.78 is 37.2. The van der Waals surface area contributed by atoms with Crippen molar-refractivity contribution in [1.82, 2.24) is 4.37 Å². The van der Waals surface area contributed by atoms with Gasteiger partial charge in [-0.15, -0.1) is 0 Å². The van der Waals surface area contributed by atoms with E-state index < -0.39 is 15.9 Å². The molecule has 0 unspecified atom stereocenters. The third-order valence-electron chi connectivity index (χ3n) is 4.33. The maximum atomic E-state index is 13.4. The van der Waals surface area contributed by atoms with Crippen LogP contribution >= 0.6 is 11.5 Å². The number of carbonyl (C=O) groups excluding carboxylic acids is 1. The van der Waals surface area contributed by atoms with Crippen molar-refractivity contribution in [2.24, 2.45) is 0 Å². The molecule has 1 amide bonds. The van der Waals surface area contributed by atoms with E-state index in [1.54, 1.807) is 55.6 Å². The van der Waals surface area contributed by atoms with Crippen LogP contribution in [0.15, 0.2) is 58.8 Å². The number of hydrogen-bond donors (Lipinski definition) is 1. The Bertz CT molecular complexity index is 1110. The summed E-state index contributed by atoms with van der Waals surface area (Å²) >= 11 is 1.22. The van der Waals surface area contributed by atoms with E-state index in [9.17, 15) is 13.2 Å². The molecule has 0 aliphatic heterocycles. The zero-order chi connectivity index (χ0) is 21.0. The molecule has 3 rings (SSSR count). The highest BCUT2D eigenvalue weighted by Crippen LogP contribution is 2.30. The Balaban J connectivity index is 2.02. The topological polar surface area (TPSA) is 88.6 Å². The molecule has 9 heteroatoms. The van der Waals surface area contributed by atoms with Crippen molar-refractivity contribution in [2.45, 2.75) is 18.7 Å². The molecule has 1 N–H and O–H groups in total. The second-order valence-corrected chi connectivity index (χ2v) is 8.83. The Morgan fingerprint density at radius 1 is 1.17 bits per heavy atom. The highest BCUT2D eigenvalue weighted by atomic mass is 32.2. The van der Waals surface area contributed by atoms with Crippen LogP contribution in [0.25, 0.3) is 0 Å². The van der Waals surface area contributed by atoms with E-state index in [2.05, 4.69) is 9.69 Å². The van der Waals surface area contributed by atoms with Crippen LogP contribution < -0.4 is 14.4 Å². The second kappa shape index (κ2) is 8.62. The number of aromatic nitrogens is 1. The first kappa shape index (κ1) is 20.8. The number of carbonyl (C=O) groups is 1. The summed E-state index contributed by atoms with van der Waals surface area (Å²) in [5, 5.41) is 4.44. The molecule has 1 aromatic heterocycles. The molecule has 1 heterocycles. The molecular weight excluding hydrogens is 410 g/mol. The normalized spacial score (nSPS) is 11.1. The van der Waals surface area contributed by atoms with Crippen molar-refractivity contribution in [3.8, 4) is 5.75 Å². The van der Waals surface area contributed by atoms with Crippen molar-refractivity contribution in [3.63, 3.8) is 0 Å². The highest BCUT2D eigenvalue weighted by molar-refractivity contribution is 7.92. The van der Waals surface area contributed by atoms with Crippen LogP contribution in [0.3, 0.4) is 0 Å². The minimum atomic E-state index is -3.98. The molecule has 3 aromatic rings. The number of ether oxygens (including phenoxy) is 1. The van der Waals surface area contributed by atoms with Gasteiger partial charge in [0.1, 0.15) is 12.3 Å². The zero-order valence-electron chi connectivity index (χ0n) is 16.2. The third-order valence-corrected chi connectivity index (χ3v) is 6.82. The Kier molecular flexibility index (Phi) is 6.19. The van der Waals surface area contributed by atoms with E-state index in [4.69, 9.17) is 4.74 Å². The lowest BCUT2D eigenvalue weighted by Gasteiger charge is -2.26. The number of amides is 1. The molecule has 0 aliphatic carbocycles. The maximum Gasteiger partial charge on any atom is 0.264 e. The highest BCUT2D eigenvalue weighted by Gasteiger charge is 2.28. The molecule has 7 nitrogen and oxygen atoms in total. The molecule has 0 aliphatic rings. The minimum absolute atomic E-state index is 0.100. The first-order chi connectivity index (χ1) is 13.8. The summed E-state index contributed by atoms with van der Waals surface area (Å²) in [6, 6.07) is 13.1. The van der Waals surface area contributed by atoms with E-state index in [1.165, 1.54) is 30.8 Å². The SMILES string of the molecule is COc1ccc(C)c(N(CC(=O)Nc2csnc2C)S(=O)(=O)c2ccccc2)c1. The Morgan fingerprint density at radius 3 is 2.52 bits per heavy atom. The molecule has 0 saturated heterocycles. The molecule has 29 heavy (non-hydrogen) atoms. The Hall–Kier alpha value is -2.91. The molecular formula is C20H21N3O4S2. The van der Waals surface area contributed by atoms with E-state index in [0.717, 1.165) is 4.31 Å². The van der Waals surface area contributed by atoms with Gasteiger partial charge in [0.25, 0.3) is 10.0 Å². The molecule has 0 fully saturated rings. The quantitative estimate of drug-likeness (QED) is 0.617. The van der Waals surface area contributed by atoms with Crippen LogP contribution in [0.5, 0.6) is 5.75 Å². The average Bonchev–Trinajstić information content (AvgIpc) is 3.11. The smallest absolute Gasteiger partial charge is 0.264 e. The molecule has 0 radical (unpaired) electrons. The fraction of sp³-hybridized carbons (Fsp3) is 0.200. The van der Waals surface area contributed by atoms with Crippen molar-refractivity contribution >= 4 is 38.8 Å². The molecule has 0 saturated carbocycles. The van der Waals surface area contributed by atoms with Crippen LogP contribution in [0.2, 0.25) is 0 Å². The number of methoxy groups -OCH3 is 1. The summed E-state index contributed by atoms with van der Waals surface area (Å²) in [6.45, 7) is 3.17. The number of benzene rings is 2. The number of aryl methyl sites for hydroxylation is 2. The largest absolute Gasteiger partial charge is 0.497 e. The monoisotopic (exact) mass is 431 g/mol. The van der Waals surface area contributed by atoms with Gasteiger partial charge in [0, 0.05) is 11.4 Å². The summed E-state index contributed by atoms with van der Waals surface area (Å²) in [6.07, 6.45) is 0. The van der Waals surface area contributed by atoms with Crippen molar-refractivity contribution < 1.29 is 17.9 Å². The maximum absolute atomic E-state index is 13.4. The predicted octanol–water partition coefficient (Wildman–Crippen LogP) is 3.60. The number of nitrogens with one attached hydrogen (secondary N) is 1. The van der Waals surface area contributed by atoms with Gasteiger partial charge in [0.15, 0.2) is 0 Å². The van der Waals surface area contributed by atoms with Crippen LogP contribution in [0.1, 0.15) is 11.3 Å². The fourth-order valence-corrected chi connectivity index (χ4v) is 4.88. The first-order valence-electron chi connectivity index (χ1n) is 8.76. The average molecular weight is 432 g/mol. The van der Waals surface area contributed by atoms with E-state index >= 15 is 0 Å². The summed E-state index contributed by atoms with van der Waals surface area (Å²) in [4.78, 5) is 12.8. The van der Waals surface area contributed by atoms with Gasteiger partial charge in [-0.3, -0.25) is 9.10 Å². The van der Waals surface area contributed by atoms with Gasteiger partial charge in [0.05, 0.1) is 29.1 Å².